The molecular weight excluding hydrogens is 252 g/mol. The molecule has 0 heterocycles. The molecule has 0 aromatic heterocycles. The minimum atomic E-state index is 0.294. The Morgan fingerprint density at radius 2 is 2.20 bits per heavy atom. The molecule has 1 atom stereocenters. The number of nitrogens with zero attached hydrogens (tertiary/aromatic N) is 1. The summed E-state index contributed by atoms with van der Waals surface area (Å²) >= 11 is 3.50. The second kappa shape index (κ2) is 6.60. The third-order valence-corrected chi connectivity index (χ3v) is 3.14. The van der Waals surface area contributed by atoms with Crippen LogP contribution >= 0.6 is 15.9 Å². The van der Waals surface area contributed by atoms with E-state index >= 15 is 0 Å². The standard InChI is InChI=1S/C12H15BrN2/c1-2-11(7-8-14)15-9-10-5-3-4-6-12(10)13/h3-6,11,15H,2,7,9H2,1H3/t11-/m1/s1. The zero-order chi connectivity index (χ0) is 11.1. The van der Waals surface area contributed by atoms with Gasteiger partial charge in [-0.05, 0) is 18.1 Å². The maximum absolute atomic E-state index is 8.62. The highest BCUT2D eigenvalue weighted by molar-refractivity contribution is 9.10. The predicted octanol–water partition coefficient (Wildman–Crippen LogP) is 3.23. The van der Waals surface area contributed by atoms with Crippen LogP contribution in [0.2, 0.25) is 0 Å². The van der Waals surface area contributed by atoms with E-state index in [4.69, 9.17) is 5.26 Å². The van der Waals surface area contributed by atoms with Gasteiger partial charge in [-0.3, -0.25) is 0 Å². The molecule has 80 valence electrons. The first-order chi connectivity index (χ1) is 7.27. The molecule has 0 saturated heterocycles. The number of nitriles is 1. The van der Waals surface area contributed by atoms with Crippen molar-refractivity contribution in [2.75, 3.05) is 0 Å². The topological polar surface area (TPSA) is 35.8 Å². The van der Waals surface area contributed by atoms with Gasteiger partial charge in [-0.1, -0.05) is 41.1 Å². The van der Waals surface area contributed by atoms with Gasteiger partial charge in [-0.2, -0.15) is 5.26 Å². The largest absolute Gasteiger partial charge is 0.309 e. The Morgan fingerprint density at radius 3 is 2.80 bits per heavy atom. The molecule has 2 nitrogen and oxygen atoms in total. The molecule has 0 unspecified atom stereocenters. The van der Waals surface area contributed by atoms with Crippen molar-refractivity contribution in [3.63, 3.8) is 0 Å². The Labute approximate surface area is 99.4 Å². The van der Waals surface area contributed by atoms with Crippen molar-refractivity contribution in [3.05, 3.63) is 34.3 Å². The van der Waals surface area contributed by atoms with Crippen molar-refractivity contribution < 1.29 is 0 Å². The van der Waals surface area contributed by atoms with E-state index in [-0.39, 0.29) is 0 Å². The minimum Gasteiger partial charge on any atom is -0.309 e. The van der Waals surface area contributed by atoms with E-state index in [0.29, 0.717) is 12.5 Å². The van der Waals surface area contributed by atoms with Gasteiger partial charge >= 0.3 is 0 Å². The fourth-order valence-corrected chi connectivity index (χ4v) is 1.79. The van der Waals surface area contributed by atoms with Crippen molar-refractivity contribution >= 4 is 15.9 Å². The highest BCUT2D eigenvalue weighted by Gasteiger charge is 2.05. The summed E-state index contributed by atoms with van der Waals surface area (Å²) in [5.74, 6) is 0. The highest BCUT2D eigenvalue weighted by atomic mass is 79.9. The lowest BCUT2D eigenvalue weighted by Gasteiger charge is -2.14. The van der Waals surface area contributed by atoms with Gasteiger partial charge in [-0.15, -0.1) is 0 Å². The number of nitrogens with one attached hydrogen (secondary N) is 1. The summed E-state index contributed by atoms with van der Waals surface area (Å²) in [7, 11) is 0. The minimum absolute atomic E-state index is 0.294. The molecule has 0 radical (unpaired) electrons. The fourth-order valence-electron chi connectivity index (χ4n) is 1.37. The molecular formula is C12H15BrN2. The smallest absolute Gasteiger partial charge is 0.0638 e. The summed E-state index contributed by atoms with van der Waals surface area (Å²) in [6.45, 7) is 2.90. The van der Waals surface area contributed by atoms with Crippen LogP contribution in [-0.4, -0.2) is 6.04 Å². The maximum atomic E-state index is 8.62. The van der Waals surface area contributed by atoms with E-state index in [2.05, 4.69) is 40.3 Å². The molecule has 0 aliphatic carbocycles. The number of hydrogen-bond donors (Lipinski definition) is 1. The monoisotopic (exact) mass is 266 g/mol. The third-order valence-electron chi connectivity index (χ3n) is 2.37. The van der Waals surface area contributed by atoms with E-state index in [9.17, 15) is 0 Å². The summed E-state index contributed by atoms with van der Waals surface area (Å²) in [6.07, 6.45) is 1.55. The highest BCUT2D eigenvalue weighted by Crippen LogP contribution is 2.15. The van der Waals surface area contributed by atoms with Crippen LogP contribution in [0.1, 0.15) is 25.3 Å². The zero-order valence-electron chi connectivity index (χ0n) is 8.83. The first-order valence-corrected chi connectivity index (χ1v) is 5.91. The molecule has 0 fully saturated rings. The molecule has 0 bridgehead atoms. The molecule has 0 aliphatic heterocycles. The van der Waals surface area contributed by atoms with Crippen LogP contribution in [0.15, 0.2) is 28.7 Å². The Kier molecular flexibility index (Phi) is 5.38. The summed E-state index contributed by atoms with van der Waals surface area (Å²) in [5, 5.41) is 12.0. The van der Waals surface area contributed by atoms with Crippen LogP contribution in [0.4, 0.5) is 0 Å². The van der Waals surface area contributed by atoms with Crippen LogP contribution < -0.4 is 5.32 Å². The molecule has 0 aliphatic rings. The second-order valence-corrected chi connectivity index (χ2v) is 4.29. The van der Waals surface area contributed by atoms with Crippen molar-refractivity contribution in [2.45, 2.75) is 32.4 Å². The first kappa shape index (κ1) is 12.2. The Bertz CT molecular complexity index is 344. The SMILES string of the molecule is CC[C@H](CC#N)NCc1ccccc1Br. The Hall–Kier alpha value is -0.850. The van der Waals surface area contributed by atoms with Gasteiger partial charge in [0, 0.05) is 17.1 Å². The summed E-state index contributed by atoms with van der Waals surface area (Å²) in [4.78, 5) is 0. The van der Waals surface area contributed by atoms with Gasteiger partial charge in [0.25, 0.3) is 0 Å². The summed E-state index contributed by atoms with van der Waals surface area (Å²) < 4.78 is 1.12. The summed E-state index contributed by atoms with van der Waals surface area (Å²) in [6, 6.07) is 10.6. The molecule has 3 heteroatoms. The van der Waals surface area contributed by atoms with E-state index < -0.39 is 0 Å². The molecule has 1 N–H and O–H groups in total. The maximum Gasteiger partial charge on any atom is 0.0638 e. The Morgan fingerprint density at radius 1 is 1.47 bits per heavy atom. The average molecular weight is 267 g/mol. The number of rotatable bonds is 5. The lowest BCUT2D eigenvalue weighted by Crippen LogP contribution is -2.27. The quantitative estimate of drug-likeness (QED) is 0.889. The van der Waals surface area contributed by atoms with Gasteiger partial charge in [-0.25, -0.2) is 0 Å². The molecule has 1 rings (SSSR count). The number of hydrogen-bond acceptors (Lipinski definition) is 2. The number of halogens is 1. The summed E-state index contributed by atoms with van der Waals surface area (Å²) in [5.41, 5.74) is 1.23. The molecule has 1 aromatic rings. The van der Waals surface area contributed by atoms with Crippen LogP contribution in [0, 0.1) is 11.3 Å². The molecule has 1 aromatic carbocycles. The molecule has 0 saturated carbocycles. The van der Waals surface area contributed by atoms with Gasteiger partial charge < -0.3 is 5.32 Å². The molecule has 0 amide bonds. The fraction of sp³-hybridized carbons (Fsp3) is 0.417. The zero-order valence-corrected chi connectivity index (χ0v) is 10.4. The van der Waals surface area contributed by atoms with Gasteiger partial charge in [0.2, 0.25) is 0 Å². The first-order valence-electron chi connectivity index (χ1n) is 5.11. The third kappa shape index (κ3) is 4.03. The van der Waals surface area contributed by atoms with Crippen molar-refractivity contribution in [2.24, 2.45) is 0 Å². The van der Waals surface area contributed by atoms with Crippen molar-refractivity contribution in [1.29, 1.82) is 5.26 Å². The second-order valence-electron chi connectivity index (χ2n) is 3.44. The van der Waals surface area contributed by atoms with E-state index in [0.717, 1.165) is 17.4 Å². The predicted molar refractivity (Wildman–Crippen MR) is 65.3 cm³/mol. The average Bonchev–Trinajstić information content (AvgIpc) is 2.26. The van der Waals surface area contributed by atoms with Gasteiger partial charge in [0.1, 0.15) is 0 Å². The number of benzene rings is 1. The van der Waals surface area contributed by atoms with E-state index in [1.54, 1.807) is 0 Å². The Balaban J connectivity index is 2.49. The van der Waals surface area contributed by atoms with Gasteiger partial charge in [0.15, 0.2) is 0 Å². The normalized spacial score (nSPS) is 12.1. The lowest BCUT2D eigenvalue weighted by atomic mass is 10.1. The van der Waals surface area contributed by atoms with E-state index in [1.807, 2.05) is 18.2 Å². The van der Waals surface area contributed by atoms with E-state index in [1.165, 1.54) is 5.56 Å². The van der Waals surface area contributed by atoms with Crippen LogP contribution in [-0.2, 0) is 6.54 Å². The van der Waals surface area contributed by atoms with Gasteiger partial charge in [0.05, 0.1) is 12.5 Å². The van der Waals surface area contributed by atoms with Crippen molar-refractivity contribution in [3.8, 4) is 6.07 Å². The molecule has 15 heavy (non-hydrogen) atoms. The van der Waals surface area contributed by atoms with Crippen LogP contribution in [0.5, 0.6) is 0 Å². The van der Waals surface area contributed by atoms with Crippen LogP contribution in [0.25, 0.3) is 0 Å². The molecule has 0 spiro atoms. The lowest BCUT2D eigenvalue weighted by molar-refractivity contribution is 0.504. The van der Waals surface area contributed by atoms with Crippen molar-refractivity contribution in [1.82, 2.24) is 5.32 Å². The van der Waals surface area contributed by atoms with Crippen LogP contribution in [0.3, 0.4) is 0 Å².